The van der Waals surface area contributed by atoms with Crippen LogP contribution in [0.5, 0.6) is 0 Å². The second-order valence-corrected chi connectivity index (χ2v) is 8.36. The zero-order chi connectivity index (χ0) is 22.2. The highest BCUT2D eigenvalue weighted by Gasteiger charge is 2.14. The van der Waals surface area contributed by atoms with E-state index in [9.17, 15) is 0 Å². The summed E-state index contributed by atoms with van der Waals surface area (Å²) in [5.41, 5.74) is 8.40. The van der Waals surface area contributed by atoms with E-state index in [4.69, 9.17) is 0 Å². The van der Waals surface area contributed by atoms with Crippen molar-refractivity contribution < 1.29 is 0 Å². The maximum Gasteiger partial charge on any atom is 0.0561 e. The first-order valence-corrected chi connectivity index (χ1v) is 11.3. The van der Waals surface area contributed by atoms with Crippen LogP contribution < -0.4 is 4.90 Å². The first-order valence-electron chi connectivity index (χ1n) is 11.3. The molecule has 0 bridgehead atoms. The Morgan fingerprint density at radius 2 is 1.09 bits per heavy atom. The maximum absolute atomic E-state index is 2.38. The van der Waals surface area contributed by atoms with Gasteiger partial charge in [-0.3, -0.25) is 0 Å². The van der Waals surface area contributed by atoms with Gasteiger partial charge >= 0.3 is 0 Å². The summed E-state index contributed by atoms with van der Waals surface area (Å²) >= 11 is 0. The third kappa shape index (κ3) is 3.37. The summed E-state index contributed by atoms with van der Waals surface area (Å²) in [6, 6.07) is 45.3. The molecule has 0 aliphatic rings. The monoisotopic (exact) mass is 424 g/mol. The summed E-state index contributed by atoms with van der Waals surface area (Å²) in [6.07, 6.45) is 0. The zero-order valence-corrected chi connectivity index (χ0v) is 18.5. The highest BCUT2D eigenvalue weighted by molar-refractivity contribution is 6.10. The molecule has 6 aromatic rings. The van der Waals surface area contributed by atoms with Crippen LogP contribution in [0.1, 0.15) is 0 Å². The van der Waals surface area contributed by atoms with Crippen LogP contribution in [0.2, 0.25) is 0 Å². The van der Waals surface area contributed by atoms with E-state index in [1.54, 1.807) is 0 Å². The fourth-order valence-electron chi connectivity index (χ4n) is 4.68. The lowest BCUT2D eigenvalue weighted by atomic mass is 10.1. The van der Waals surface area contributed by atoms with E-state index in [0.29, 0.717) is 0 Å². The lowest BCUT2D eigenvalue weighted by molar-refractivity contribution is 1.17. The van der Waals surface area contributed by atoms with E-state index < -0.39 is 0 Å². The quantitative estimate of drug-likeness (QED) is 0.277. The van der Waals surface area contributed by atoms with Crippen molar-refractivity contribution in [3.8, 4) is 16.8 Å². The molecular formula is C31H24N2. The molecule has 0 saturated carbocycles. The third-order valence-electron chi connectivity index (χ3n) is 6.42. The molecule has 158 valence electrons. The topological polar surface area (TPSA) is 8.17 Å². The summed E-state index contributed by atoms with van der Waals surface area (Å²) in [6.45, 7) is 0. The number of para-hydroxylation sites is 2. The van der Waals surface area contributed by atoms with Crippen LogP contribution in [0.4, 0.5) is 11.4 Å². The lowest BCUT2D eigenvalue weighted by Gasteiger charge is -2.20. The first kappa shape index (κ1) is 19.4. The summed E-state index contributed by atoms with van der Waals surface area (Å²) in [5.74, 6) is 0. The van der Waals surface area contributed by atoms with E-state index in [0.717, 1.165) is 0 Å². The van der Waals surface area contributed by atoms with Gasteiger partial charge in [0.15, 0.2) is 0 Å². The summed E-state index contributed by atoms with van der Waals surface area (Å²) in [4.78, 5) is 2.24. The van der Waals surface area contributed by atoms with Crippen LogP contribution in [-0.2, 0) is 0 Å². The fraction of sp³-hybridized carbons (Fsp3) is 0.0323. The van der Waals surface area contributed by atoms with Gasteiger partial charge in [0.25, 0.3) is 0 Å². The molecule has 6 rings (SSSR count). The largest absolute Gasteiger partial charge is 0.345 e. The number of hydrogen-bond acceptors (Lipinski definition) is 1. The van der Waals surface area contributed by atoms with Gasteiger partial charge in [-0.25, -0.2) is 0 Å². The standard InChI is InChI=1S/C31H24N2/c1-32(25-12-6-3-7-13-25)27-20-21-29-28-14-8-9-15-30(28)33(31(29)22-27)26-18-16-24(17-19-26)23-10-4-2-5-11-23/h2-22H,1H3. The SMILES string of the molecule is CN(c1ccccc1)c1ccc2c3ccccc3n(-c3ccc(-c4ccccc4)cc3)c2c1. The molecule has 33 heavy (non-hydrogen) atoms. The summed E-state index contributed by atoms with van der Waals surface area (Å²) in [7, 11) is 2.12. The number of hydrogen-bond donors (Lipinski definition) is 0. The van der Waals surface area contributed by atoms with Crippen molar-refractivity contribution in [2.75, 3.05) is 11.9 Å². The Labute approximate surface area is 194 Å². The van der Waals surface area contributed by atoms with Gasteiger partial charge in [0.1, 0.15) is 0 Å². The number of rotatable bonds is 4. The van der Waals surface area contributed by atoms with Crippen LogP contribution in [-0.4, -0.2) is 11.6 Å². The van der Waals surface area contributed by atoms with Crippen molar-refractivity contribution in [1.29, 1.82) is 0 Å². The summed E-state index contributed by atoms with van der Waals surface area (Å²) in [5, 5.41) is 2.54. The molecule has 1 aromatic heterocycles. The predicted molar refractivity (Wildman–Crippen MR) is 141 cm³/mol. The zero-order valence-electron chi connectivity index (χ0n) is 18.5. The van der Waals surface area contributed by atoms with E-state index in [-0.39, 0.29) is 0 Å². The van der Waals surface area contributed by atoms with Crippen LogP contribution in [0, 0.1) is 0 Å². The van der Waals surface area contributed by atoms with Crippen LogP contribution in [0.25, 0.3) is 38.6 Å². The molecule has 0 amide bonds. The molecule has 0 radical (unpaired) electrons. The molecule has 0 atom stereocenters. The van der Waals surface area contributed by atoms with Crippen molar-refractivity contribution in [3.63, 3.8) is 0 Å². The molecule has 5 aromatic carbocycles. The van der Waals surface area contributed by atoms with Crippen LogP contribution in [0.15, 0.2) is 127 Å². The van der Waals surface area contributed by atoms with E-state index in [1.807, 2.05) is 0 Å². The first-order chi connectivity index (χ1) is 16.3. The van der Waals surface area contributed by atoms with E-state index in [1.165, 1.54) is 50.0 Å². The molecule has 0 fully saturated rings. The van der Waals surface area contributed by atoms with Gasteiger partial charge < -0.3 is 9.47 Å². The normalized spacial score (nSPS) is 11.2. The third-order valence-corrected chi connectivity index (χ3v) is 6.42. The Hall–Kier alpha value is -4.30. The Bertz CT molecular complexity index is 1550. The van der Waals surface area contributed by atoms with E-state index >= 15 is 0 Å². The molecule has 1 heterocycles. The minimum absolute atomic E-state index is 1.17. The highest BCUT2D eigenvalue weighted by atomic mass is 15.1. The van der Waals surface area contributed by atoms with Crippen molar-refractivity contribution in [1.82, 2.24) is 4.57 Å². The molecule has 0 aliphatic heterocycles. The molecule has 2 nitrogen and oxygen atoms in total. The van der Waals surface area contributed by atoms with Crippen molar-refractivity contribution in [3.05, 3.63) is 127 Å². The molecule has 0 N–H and O–H groups in total. The van der Waals surface area contributed by atoms with Crippen molar-refractivity contribution in [2.45, 2.75) is 0 Å². The average molecular weight is 425 g/mol. The number of fused-ring (bicyclic) bond motifs is 3. The number of anilines is 2. The van der Waals surface area contributed by atoms with Gasteiger partial charge in [-0.05, 0) is 53.6 Å². The van der Waals surface area contributed by atoms with Crippen LogP contribution in [0.3, 0.4) is 0 Å². The average Bonchev–Trinajstić information content (AvgIpc) is 3.23. The second kappa shape index (κ2) is 7.99. The Morgan fingerprint density at radius 1 is 0.485 bits per heavy atom. The molecule has 0 unspecified atom stereocenters. The maximum atomic E-state index is 2.38. The molecule has 0 aliphatic carbocycles. The Balaban J connectivity index is 1.52. The van der Waals surface area contributed by atoms with Gasteiger partial charge in [-0.1, -0.05) is 84.9 Å². The van der Waals surface area contributed by atoms with Crippen molar-refractivity contribution in [2.24, 2.45) is 0 Å². The van der Waals surface area contributed by atoms with Gasteiger partial charge in [0, 0.05) is 34.9 Å². The number of benzene rings is 5. The number of nitrogens with zero attached hydrogens (tertiary/aromatic N) is 2. The van der Waals surface area contributed by atoms with Crippen LogP contribution >= 0.6 is 0 Å². The molecule has 0 saturated heterocycles. The minimum Gasteiger partial charge on any atom is -0.345 e. The highest BCUT2D eigenvalue weighted by Crippen LogP contribution is 2.36. The van der Waals surface area contributed by atoms with Gasteiger partial charge in [-0.2, -0.15) is 0 Å². The fourth-order valence-corrected chi connectivity index (χ4v) is 4.68. The minimum atomic E-state index is 1.17. The van der Waals surface area contributed by atoms with E-state index in [2.05, 4.69) is 144 Å². The smallest absolute Gasteiger partial charge is 0.0561 e. The number of aromatic nitrogens is 1. The second-order valence-electron chi connectivity index (χ2n) is 8.36. The molecular weight excluding hydrogens is 400 g/mol. The molecule has 2 heteroatoms. The molecule has 0 spiro atoms. The Morgan fingerprint density at radius 3 is 1.85 bits per heavy atom. The van der Waals surface area contributed by atoms with Crippen molar-refractivity contribution >= 4 is 33.2 Å². The lowest BCUT2D eigenvalue weighted by Crippen LogP contribution is -2.09. The van der Waals surface area contributed by atoms with Gasteiger partial charge in [0.05, 0.1) is 11.0 Å². The predicted octanol–water partition coefficient (Wildman–Crippen LogP) is 8.22. The Kier molecular flexibility index (Phi) is 4.70. The van der Waals surface area contributed by atoms with Gasteiger partial charge in [0.2, 0.25) is 0 Å². The summed E-state index contributed by atoms with van der Waals surface area (Å²) < 4.78 is 2.38. The van der Waals surface area contributed by atoms with Gasteiger partial charge in [-0.15, -0.1) is 0 Å².